The zero-order valence-corrected chi connectivity index (χ0v) is 13.1. The van der Waals surface area contributed by atoms with Gasteiger partial charge in [0.15, 0.2) is 0 Å². The lowest BCUT2D eigenvalue weighted by Crippen LogP contribution is -2.53. The lowest BCUT2D eigenvalue weighted by Gasteiger charge is -2.37. The van der Waals surface area contributed by atoms with Crippen LogP contribution < -0.4 is 10.1 Å². The van der Waals surface area contributed by atoms with Crippen molar-refractivity contribution in [3.63, 3.8) is 0 Å². The van der Waals surface area contributed by atoms with Gasteiger partial charge in [0.2, 0.25) is 0 Å². The van der Waals surface area contributed by atoms with E-state index >= 15 is 0 Å². The van der Waals surface area contributed by atoms with Crippen molar-refractivity contribution in [1.29, 1.82) is 0 Å². The number of benzene rings is 1. The highest BCUT2D eigenvalue weighted by atomic mass is 16.5. The normalized spacial score (nSPS) is 29.0. The maximum atomic E-state index is 6.19. The summed E-state index contributed by atoms with van der Waals surface area (Å²) < 4.78 is 6.19. The fourth-order valence-electron chi connectivity index (χ4n) is 3.34. The van der Waals surface area contributed by atoms with Crippen LogP contribution in [0.5, 0.6) is 5.75 Å². The molecule has 0 spiro atoms. The first-order chi connectivity index (χ1) is 9.44. The third kappa shape index (κ3) is 2.70. The molecule has 1 N–H and O–H groups in total. The molecule has 1 saturated heterocycles. The average molecular weight is 274 g/mol. The van der Waals surface area contributed by atoms with Gasteiger partial charge in [0.05, 0.1) is 0 Å². The summed E-state index contributed by atoms with van der Waals surface area (Å²) in [6.45, 7) is 12.1. The van der Waals surface area contributed by atoms with Crippen molar-refractivity contribution in [2.24, 2.45) is 0 Å². The molecule has 1 aromatic rings. The number of fused-ring (bicyclic) bond motifs is 1. The fourth-order valence-corrected chi connectivity index (χ4v) is 3.34. The predicted octanol–water partition coefficient (Wildman–Crippen LogP) is 2.58. The smallest absolute Gasteiger partial charge is 0.127 e. The monoisotopic (exact) mass is 274 g/mol. The molecular weight excluding hydrogens is 248 g/mol. The minimum Gasteiger partial charge on any atom is -0.487 e. The van der Waals surface area contributed by atoms with E-state index in [1.807, 2.05) is 0 Å². The van der Waals surface area contributed by atoms with E-state index in [0.717, 1.165) is 31.8 Å². The number of nitrogens with zero attached hydrogens (tertiary/aromatic N) is 1. The van der Waals surface area contributed by atoms with E-state index < -0.39 is 0 Å². The minimum absolute atomic E-state index is 0.0548. The van der Waals surface area contributed by atoms with Gasteiger partial charge in [-0.25, -0.2) is 0 Å². The minimum atomic E-state index is -0.0548. The summed E-state index contributed by atoms with van der Waals surface area (Å²) in [6, 6.07) is 7.75. The Morgan fingerprint density at radius 2 is 2.15 bits per heavy atom. The number of rotatable bonds is 2. The Labute approximate surface area is 122 Å². The van der Waals surface area contributed by atoms with Gasteiger partial charge in [0, 0.05) is 43.7 Å². The van der Waals surface area contributed by atoms with Gasteiger partial charge >= 0.3 is 0 Å². The Kier molecular flexibility index (Phi) is 3.51. The van der Waals surface area contributed by atoms with E-state index in [4.69, 9.17) is 4.74 Å². The number of piperazine rings is 1. The molecule has 3 rings (SSSR count). The van der Waals surface area contributed by atoms with Crippen LogP contribution in [0.1, 0.15) is 38.8 Å². The van der Waals surface area contributed by atoms with Gasteiger partial charge in [-0.1, -0.05) is 18.2 Å². The molecule has 0 bridgehead atoms. The predicted molar refractivity (Wildman–Crippen MR) is 82.2 cm³/mol. The second-order valence-electron chi connectivity index (χ2n) is 7.03. The summed E-state index contributed by atoms with van der Waals surface area (Å²) in [6.07, 6.45) is 1.02. The molecule has 1 fully saturated rings. The number of ether oxygens (including phenoxy) is 1. The third-order valence-corrected chi connectivity index (χ3v) is 4.44. The first-order valence-electron chi connectivity index (χ1n) is 7.72. The Balaban J connectivity index is 1.81. The quantitative estimate of drug-likeness (QED) is 0.897. The molecule has 0 radical (unpaired) electrons. The highest BCUT2D eigenvalue weighted by Gasteiger charge is 2.32. The van der Waals surface area contributed by atoms with Crippen LogP contribution in [0.3, 0.4) is 0 Å². The van der Waals surface area contributed by atoms with E-state index in [1.165, 1.54) is 11.1 Å². The Bertz CT molecular complexity index is 498. The van der Waals surface area contributed by atoms with Crippen LogP contribution in [0.2, 0.25) is 0 Å². The molecule has 2 heterocycles. The fraction of sp³-hybridized carbons (Fsp3) is 0.647. The highest BCUT2D eigenvalue weighted by molar-refractivity contribution is 5.45. The molecule has 2 atom stereocenters. The molecule has 0 amide bonds. The van der Waals surface area contributed by atoms with Crippen LogP contribution in [-0.2, 0) is 13.0 Å². The molecule has 0 aromatic heterocycles. The molecule has 0 saturated carbocycles. The lowest BCUT2D eigenvalue weighted by molar-refractivity contribution is 0.123. The van der Waals surface area contributed by atoms with Crippen LogP contribution in [0.15, 0.2) is 18.2 Å². The number of nitrogens with one attached hydrogen (secondary N) is 1. The van der Waals surface area contributed by atoms with Gasteiger partial charge in [-0.05, 0) is 33.3 Å². The molecule has 1 aromatic carbocycles. The third-order valence-electron chi connectivity index (χ3n) is 4.44. The van der Waals surface area contributed by atoms with Crippen molar-refractivity contribution in [3.8, 4) is 5.75 Å². The summed E-state index contributed by atoms with van der Waals surface area (Å²) in [5.41, 5.74) is 2.65. The first-order valence-corrected chi connectivity index (χ1v) is 7.72. The molecule has 3 heteroatoms. The molecule has 20 heavy (non-hydrogen) atoms. The maximum Gasteiger partial charge on any atom is 0.127 e. The van der Waals surface area contributed by atoms with Gasteiger partial charge in [-0.15, -0.1) is 0 Å². The van der Waals surface area contributed by atoms with Gasteiger partial charge < -0.3 is 10.1 Å². The van der Waals surface area contributed by atoms with Crippen molar-refractivity contribution >= 4 is 0 Å². The molecule has 0 aliphatic carbocycles. The molecule has 2 unspecified atom stereocenters. The molecule has 3 nitrogen and oxygen atoms in total. The summed E-state index contributed by atoms with van der Waals surface area (Å²) in [5, 5.41) is 3.54. The number of hydrogen-bond acceptors (Lipinski definition) is 3. The number of hydrogen-bond donors (Lipinski definition) is 1. The van der Waals surface area contributed by atoms with Gasteiger partial charge in [0.25, 0.3) is 0 Å². The van der Waals surface area contributed by atoms with E-state index in [9.17, 15) is 0 Å². The lowest BCUT2D eigenvalue weighted by atomic mass is 10.00. The van der Waals surface area contributed by atoms with Gasteiger partial charge in [-0.2, -0.15) is 0 Å². The summed E-state index contributed by atoms with van der Waals surface area (Å²) in [4.78, 5) is 2.56. The van der Waals surface area contributed by atoms with Crippen LogP contribution in [0.25, 0.3) is 0 Å². The molecule has 2 aliphatic rings. The maximum absolute atomic E-state index is 6.19. The van der Waals surface area contributed by atoms with Crippen LogP contribution in [0.4, 0.5) is 0 Å². The Hall–Kier alpha value is -1.06. The van der Waals surface area contributed by atoms with Crippen molar-refractivity contribution in [2.45, 2.75) is 58.3 Å². The summed E-state index contributed by atoms with van der Waals surface area (Å²) >= 11 is 0. The highest BCUT2D eigenvalue weighted by Crippen LogP contribution is 2.38. The van der Waals surface area contributed by atoms with Crippen molar-refractivity contribution in [3.05, 3.63) is 29.3 Å². The zero-order valence-electron chi connectivity index (χ0n) is 13.1. The van der Waals surface area contributed by atoms with E-state index in [0.29, 0.717) is 12.1 Å². The molecule has 2 aliphatic heterocycles. The standard InChI is InChI=1S/C17H26N2O/c1-12-10-19(13(2)9-18-12)11-15-7-5-6-14-8-17(3,4)20-16(14)15/h5-7,12-13,18H,8-11H2,1-4H3. The van der Waals surface area contributed by atoms with Crippen LogP contribution in [-0.4, -0.2) is 35.7 Å². The second-order valence-corrected chi connectivity index (χ2v) is 7.03. The van der Waals surface area contributed by atoms with Crippen LogP contribution >= 0.6 is 0 Å². The van der Waals surface area contributed by atoms with Gasteiger partial charge in [0.1, 0.15) is 11.4 Å². The van der Waals surface area contributed by atoms with Crippen LogP contribution in [0, 0.1) is 0 Å². The summed E-state index contributed by atoms with van der Waals surface area (Å²) in [5.74, 6) is 1.14. The number of para-hydroxylation sites is 1. The summed E-state index contributed by atoms with van der Waals surface area (Å²) in [7, 11) is 0. The van der Waals surface area contributed by atoms with E-state index in [1.54, 1.807) is 0 Å². The van der Waals surface area contributed by atoms with E-state index in [-0.39, 0.29) is 5.60 Å². The largest absolute Gasteiger partial charge is 0.487 e. The molecular formula is C17H26N2O. The molecule has 110 valence electrons. The second kappa shape index (κ2) is 5.05. The van der Waals surface area contributed by atoms with Crippen molar-refractivity contribution in [1.82, 2.24) is 10.2 Å². The van der Waals surface area contributed by atoms with E-state index in [2.05, 4.69) is 56.1 Å². The average Bonchev–Trinajstić information content (AvgIpc) is 2.69. The van der Waals surface area contributed by atoms with Gasteiger partial charge in [-0.3, -0.25) is 4.90 Å². The van der Waals surface area contributed by atoms with Crippen molar-refractivity contribution < 1.29 is 4.74 Å². The van der Waals surface area contributed by atoms with Crippen molar-refractivity contribution in [2.75, 3.05) is 13.1 Å². The topological polar surface area (TPSA) is 24.5 Å². The Morgan fingerprint density at radius 3 is 2.95 bits per heavy atom. The first kappa shape index (κ1) is 13.9. The SMILES string of the molecule is CC1CN(Cc2cccc3c2OC(C)(C)C3)C(C)CN1. The Morgan fingerprint density at radius 1 is 1.35 bits per heavy atom. The zero-order chi connectivity index (χ0) is 14.3.